The molecule has 1 amide bonds. The van der Waals surface area contributed by atoms with Crippen LogP contribution in [0.1, 0.15) is 32.1 Å². The van der Waals surface area contributed by atoms with Gasteiger partial charge >= 0.3 is 0 Å². The number of hydrogen-bond acceptors (Lipinski definition) is 4. The summed E-state index contributed by atoms with van der Waals surface area (Å²) in [6.45, 7) is 6.37. The number of hydrogen-bond donors (Lipinski definition) is 1. The third-order valence-electron chi connectivity index (χ3n) is 4.55. The average molecular weight is 281 g/mol. The Balaban J connectivity index is 1.39. The number of rotatable bonds is 5. The summed E-state index contributed by atoms with van der Waals surface area (Å²) in [7, 11) is 0. The summed E-state index contributed by atoms with van der Waals surface area (Å²) in [4.78, 5) is 16.7. The second kappa shape index (κ2) is 6.87. The van der Waals surface area contributed by atoms with Crippen molar-refractivity contribution in [2.24, 2.45) is 0 Å². The maximum absolute atomic E-state index is 12.2. The van der Waals surface area contributed by atoms with Crippen LogP contribution in [0, 0.1) is 0 Å². The van der Waals surface area contributed by atoms with Gasteiger partial charge in [-0.25, -0.2) is 0 Å². The monoisotopic (exact) mass is 281 g/mol. The molecule has 3 fully saturated rings. The van der Waals surface area contributed by atoms with Gasteiger partial charge in [-0.1, -0.05) is 0 Å². The molecular weight excluding hydrogens is 254 g/mol. The van der Waals surface area contributed by atoms with Gasteiger partial charge in [-0.15, -0.1) is 0 Å². The highest BCUT2D eigenvalue weighted by Gasteiger charge is 2.25. The number of carbonyl (C=O) groups is 1. The highest BCUT2D eigenvalue weighted by Crippen LogP contribution is 2.18. The van der Waals surface area contributed by atoms with Crippen LogP contribution in [0.4, 0.5) is 0 Å². The lowest BCUT2D eigenvalue weighted by Crippen LogP contribution is -2.41. The molecule has 1 unspecified atom stereocenters. The molecule has 2 heterocycles. The van der Waals surface area contributed by atoms with E-state index < -0.39 is 0 Å². The van der Waals surface area contributed by atoms with Crippen LogP contribution >= 0.6 is 0 Å². The summed E-state index contributed by atoms with van der Waals surface area (Å²) in [6.07, 6.45) is 6.39. The summed E-state index contributed by atoms with van der Waals surface area (Å²) in [5.74, 6) is 0.274. The minimum Gasteiger partial charge on any atom is -0.377 e. The van der Waals surface area contributed by atoms with Crippen molar-refractivity contribution in [1.29, 1.82) is 0 Å². The first kappa shape index (κ1) is 14.3. The largest absolute Gasteiger partial charge is 0.377 e. The maximum Gasteiger partial charge on any atom is 0.236 e. The molecule has 0 spiro atoms. The summed E-state index contributed by atoms with van der Waals surface area (Å²) >= 11 is 0. The molecule has 0 aromatic rings. The molecule has 0 aromatic heterocycles. The fraction of sp³-hybridized carbons (Fsp3) is 0.933. The van der Waals surface area contributed by atoms with Crippen molar-refractivity contribution in [2.45, 2.75) is 44.2 Å². The zero-order valence-corrected chi connectivity index (χ0v) is 12.4. The van der Waals surface area contributed by atoms with Crippen molar-refractivity contribution in [3.63, 3.8) is 0 Å². The number of nitrogens with one attached hydrogen (secondary N) is 1. The van der Waals surface area contributed by atoms with Gasteiger partial charge in [0.25, 0.3) is 0 Å². The first-order chi connectivity index (χ1) is 9.81. The summed E-state index contributed by atoms with van der Waals surface area (Å²) in [5, 5.41) is 3.32. The molecule has 0 bridgehead atoms. The van der Waals surface area contributed by atoms with Gasteiger partial charge in [-0.2, -0.15) is 0 Å². The zero-order chi connectivity index (χ0) is 13.8. The van der Waals surface area contributed by atoms with Crippen LogP contribution < -0.4 is 5.32 Å². The minimum absolute atomic E-state index is 0.274. The Hall–Kier alpha value is -0.650. The second-order valence-electron chi connectivity index (χ2n) is 6.33. The molecule has 5 nitrogen and oxygen atoms in total. The van der Waals surface area contributed by atoms with Crippen molar-refractivity contribution in [2.75, 3.05) is 45.9 Å². The number of ether oxygens (including phenoxy) is 1. The molecule has 0 aromatic carbocycles. The zero-order valence-electron chi connectivity index (χ0n) is 12.4. The van der Waals surface area contributed by atoms with Crippen molar-refractivity contribution in [3.8, 4) is 0 Å². The first-order valence-corrected chi connectivity index (χ1v) is 8.16. The van der Waals surface area contributed by atoms with Crippen LogP contribution in [0.15, 0.2) is 0 Å². The van der Waals surface area contributed by atoms with Crippen LogP contribution in [0.25, 0.3) is 0 Å². The molecule has 114 valence electrons. The summed E-state index contributed by atoms with van der Waals surface area (Å²) in [5.41, 5.74) is 0. The van der Waals surface area contributed by atoms with E-state index >= 15 is 0 Å². The molecule has 2 saturated heterocycles. The Morgan fingerprint density at radius 3 is 2.75 bits per heavy atom. The van der Waals surface area contributed by atoms with E-state index in [-0.39, 0.29) is 5.91 Å². The Bertz CT molecular complexity index is 327. The number of carbonyl (C=O) groups excluding carboxylic acids is 1. The van der Waals surface area contributed by atoms with E-state index in [0.717, 1.165) is 45.8 Å². The Kier molecular flexibility index (Phi) is 4.91. The van der Waals surface area contributed by atoms with E-state index in [2.05, 4.69) is 10.2 Å². The standard InChI is InChI=1S/C15H27N3O2/c19-15(11-16-13-4-5-13)18-7-2-6-17(8-9-18)12-14-3-1-10-20-14/h13-14,16H,1-12H2. The van der Waals surface area contributed by atoms with Crippen molar-refractivity contribution >= 4 is 5.91 Å². The number of nitrogens with zero attached hydrogens (tertiary/aromatic N) is 2. The topological polar surface area (TPSA) is 44.8 Å². The van der Waals surface area contributed by atoms with E-state index in [4.69, 9.17) is 4.74 Å². The summed E-state index contributed by atoms with van der Waals surface area (Å²) in [6, 6.07) is 0.613. The van der Waals surface area contributed by atoms with Gasteiger partial charge < -0.3 is 15.0 Å². The molecule has 2 aliphatic heterocycles. The molecule has 3 aliphatic rings. The lowest BCUT2D eigenvalue weighted by atomic mass is 10.2. The second-order valence-corrected chi connectivity index (χ2v) is 6.33. The van der Waals surface area contributed by atoms with Gasteiger partial charge in [0, 0.05) is 38.8 Å². The van der Waals surface area contributed by atoms with E-state index in [1.807, 2.05) is 4.90 Å². The molecule has 20 heavy (non-hydrogen) atoms. The normalized spacial score (nSPS) is 28.6. The van der Waals surface area contributed by atoms with Crippen LogP contribution in [0.3, 0.4) is 0 Å². The van der Waals surface area contributed by atoms with Crippen LogP contribution in [0.5, 0.6) is 0 Å². The molecule has 0 radical (unpaired) electrons. The maximum atomic E-state index is 12.2. The highest BCUT2D eigenvalue weighted by molar-refractivity contribution is 5.78. The molecule has 1 aliphatic carbocycles. The fourth-order valence-electron chi connectivity index (χ4n) is 3.11. The van der Waals surface area contributed by atoms with Crippen molar-refractivity contribution in [1.82, 2.24) is 15.1 Å². The van der Waals surface area contributed by atoms with Crippen LogP contribution in [0.2, 0.25) is 0 Å². The molecule has 1 atom stereocenters. The molecule has 5 heteroatoms. The smallest absolute Gasteiger partial charge is 0.236 e. The van der Waals surface area contributed by atoms with E-state index in [1.165, 1.54) is 25.7 Å². The Morgan fingerprint density at radius 2 is 2.00 bits per heavy atom. The quantitative estimate of drug-likeness (QED) is 0.795. The molecule has 1 N–H and O–H groups in total. The Labute approximate surface area is 121 Å². The van der Waals surface area contributed by atoms with E-state index in [1.54, 1.807) is 0 Å². The van der Waals surface area contributed by atoms with Gasteiger partial charge in [-0.05, 0) is 38.6 Å². The third-order valence-corrected chi connectivity index (χ3v) is 4.55. The van der Waals surface area contributed by atoms with Gasteiger partial charge in [-0.3, -0.25) is 9.69 Å². The van der Waals surface area contributed by atoms with Gasteiger partial charge in [0.1, 0.15) is 0 Å². The van der Waals surface area contributed by atoms with Gasteiger partial charge in [0.05, 0.1) is 12.6 Å². The lowest BCUT2D eigenvalue weighted by Gasteiger charge is -2.24. The summed E-state index contributed by atoms with van der Waals surface area (Å²) < 4.78 is 5.71. The Morgan fingerprint density at radius 1 is 1.10 bits per heavy atom. The predicted molar refractivity (Wildman–Crippen MR) is 77.6 cm³/mol. The SMILES string of the molecule is O=C(CNC1CC1)N1CCCN(CC2CCCO2)CC1. The lowest BCUT2D eigenvalue weighted by molar-refractivity contribution is -0.130. The third kappa shape index (κ3) is 4.17. The highest BCUT2D eigenvalue weighted by atomic mass is 16.5. The molecule has 3 rings (SSSR count). The van der Waals surface area contributed by atoms with Gasteiger partial charge in [0.15, 0.2) is 0 Å². The minimum atomic E-state index is 0.274. The van der Waals surface area contributed by atoms with Crippen molar-refractivity contribution < 1.29 is 9.53 Å². The van der Waals surface area contributed by atoms with Crippen LogP contribution in [-0.4, -0.2) is 73.7 Å². The predicted octanol–water partition coefficient (Wildman–Crippen LogP) is 0.452. The molecule has 1 saturated carbocycles. The number of amides is 1. The van der Waals surface area contributed by atoms with Crippen molar-refractivity contribution in [3.05, 3.63) is 0 Å². The first-order valence-electron chi connectivity index (χ1n) is 8.16. The fourth-order valence-corrected chi connectivity index (χ4v) is 3.11. The van der Waals surface area contributed by atoms with Crippen LogP contribution in [-0.2, 0) is 9.53 Å². The van der Waals surface area contributed by atoms with E-state index in [0.29, 0.717) is 18.7 Å². The average Bonchev–Trinajstić information content (AvgIpc) is 3.19. The van der Waals surface area contributed by atoms with E-state index in [9.17, 15) is 4.79 Å². The molecular formula is C15H27N3O2. The van der Waals surface area contributed by atoms with Gasteiger partial charge in [0.2, 0.25) is 5.91 Å².